The van der Waals surface area contributed by atoms with Gasteiger partial charge in [0.15, 0.2) is 5.13 Å². The highest BCUT2D eigenvalue weighted by atomic mass is 35.5. The van der Waals surface area contributed by atoms with Crippen molar-refractivity contribution in [2.24, 2.45) is 0 Å². The van der Waals surface area contributed by atoms with Crippen molar-refractivity contribution >= 4 is 54.2 Å². The number of carbonyl (C=O) groups is 1. The third kappa shape index (κ3) is 6.99. The van der Waals surface area contributed by atoms with E-state index in [0.717, 1.165) is 67.9 Å². The Balaban J connectivity index is 1.59. The van der Waals surface area contributed by atoms with Crippen molar-refractivity contribution in [1.82, 2.24) is 14.2 Å². The van der Waals surface area contributed by atoms with Crippen molar-refractivity contribution < 1.29 is 17.9 Å². The Morgan fingerprint density at radius 1 is 1.08 bits per heavy atom. The largest absolute Gasteiger partial charge is 0.379 e. The van der Waals surface area contributed by atoms with E-state index in [4.69, 9.17) is 21.3 Å². The molecule has 4 rings (SSSR count). The normalized spacial score (nSPS) is 14.8. The van der Waals surface area contributed by atoms with Crippen LogP contribution in [-0.2, 0) is 14.8 Å². The predicted molar refractivity (Wildman–Crippen MR) is 159 cm³/mol. The van der Waals surface area contributed by atoms with Crippen LogP contribution in [0.4, 0.5) is 5.13 Å². The molecule has 0 aliphatic carbocycles. The molecule has 2 heterocycles. The number of hydrogen-bond donors (Lipinski definition) is 0. The number of fused-ring (bicyclic) bond motifs is 1. The molecule has 1 aliphatic heterocycles. The fraction of sp³-hybridized carbons (Fsp3) is 0.500. The second kappa shape index (κ2) is 13.5. The standard InChI is InChI=1S/C28H37ClN4O4S2/c1-4-6-15-32(5-2)39(35,36)23-11-9-22(10-12-23)27(34)33(16-7-14-31-17-19-37-20-18-31)28-30-25-21(3)8-13-24(29)26(25)38-28/h8-13H,4-7,14-20H2,1-3H3. The first-order chi connectivity index (χ1) is 18.8. The molecule has 0 radical (unpaired) electrons. The number of nitrogens with zero attached hydrogens (tertiary/aromatic N) is 4. The van der Waals surface area contributed by atoms with Gasteiger partial charge in [-0.2, -0.15) is 4.31 Å². The first-order valence-electron chi connectivity index (χ1n) is 13.5. The molecule has 0 saturated carbocycles. The van der Waals surface area contributed by atoms with Crippen LogP contribution in [0.25, 0.3) is 10.2 Å². The monoisotopic (exact) mass is 592 g/mol. The highest BCUT2D eigenvalue weighted by molar-refractivity contribution is 7.89. The molecule has 1 aromatic heterocycles. The molecular formula is C28H37ClN4O4S2. The molecule has 1 fully saturated rings. The van der Waals surface area contributed by atoms with Crippen LogP contribution in [0.15, 0.2) is 41.3 Å². The van der Waals surface area contributed by atoms with E-state index in [1.165, 1.54) is 27.8 Å². The average Bonchev–Trinajstić information content (AvgIpc) is 3.40. The third-order valence-electron chi connectivity index (χ3n) is 6.97. The number of halogens is 1. The van der Waals surface area contributed by atoms with E-state index in [1.54, 1.807) is 17.0 Å². The number of aryl methyl sites for hydroxylation is 1. The van der Waals surface area contributed by atoms with E-state index in [0.29, 0.717) is 35.4 Å². The molecule has 2 aromatic carbocycles. The van der Waals surface area contributed by atoms with E-state index in [2.05, 4.69) is 4.90 Å². The first kappa shape index (κ1) is 29.9. The van der Waals surface area contributed by atoms with Crippen LogP contribution >= 0.6 is 22.9 Å². The minimum absolute atomic E-state index is 0.193. The van der Waals surface area contributed by atoms with Gasteiger partial charge in [0.05, 0.1) is 33.3 Å². The summed E-state index contributed by atoms with van der Waals surface area (Å²) in [5.41, 5.74) is 2.20. The minimum Gasteiger partial charge on any atom is -0.379 e. The van der Waals surface area contributed by atoms with Crippen molar-refractivity contribution in [1.29, 1.82) is 0 Å². The number of ether oxygens (including phenoxy) is 1. The zero-order chi connectivity index (χ0) is 28.0. The lowest BCUT2D eigenvalue weighted by Gasteiger charge is -2.27. The van der Waals surface area contributed by atoms with E-state index in [-0.39, 0.29) is 10.8 Å². The summed E-state index contributed by atoms with van der Waals surface area (Å²) in [6.45, 7) is 11.3. The van der Waals surface area contributed by atoms with Crippen molar-refractivity contribution in [3.05, 3.63) is 52.5 Å². The number of rotatable bonds is 12. The number of morpholine rings is 1. The van der Waals surface area contributed by atoms with Gasteiger partial charge in [0.1, 0.15) is 0 Å². The third-order valence-corrected chi connectivity index (χ3v) is 10.5. The Bertz CT molecular complexity index is 1330. The van der Waals surface area contributed by atoms with Crippen LogP contribution in [0.5, 0.6) is 0 Å². The first-order valence-corrected chi connectivity index (χ1v) is 16.2. The zero-order valence-electron chi connectivity index (χ0n) is 22.9. The summed E-state index contributed by atoms with van der Waals surface area (Å²) >= 11 is 7.87. The number of thiazole rings is 1. The van der Waals surface area contributed by atoms with Crippen molar-refractivity contribution in [2.75, 3.05) is 57.4 Å². The zero-order valence-corrected chi connectivity index (χ0v) is 25.2. The van der Waals surface area contributed by atoms with Crippen LogP contribution in [0.3, 0.4) is 0 Å². The molecule has 0 bridgehead atoms. The van der Waals surface area contributed by atoms with Gasteiger partial charge < -0.3 is 4.74 Å². The molecule has 0 unspecified atom stereocenters. The van der Waals surface area contributed by atoms with Crippen LogP contribution < -0.4 is 4.90 Å². The SMILES string of the molecule is CCCCN(CC)S(=O)(=O)c1ccc(C(=O)N(CCCN2CCOCC2)c2nc3c(C)ccc(Cl)c3s2)cc1. The molecular weight excluding hydrogens is 556 g/mol. The van der Waals surface area contributed by atoms with Crippen LogP contribution in [0.1, 0.15) is 49.0 Å². The lowest BCUT2D eigenvalue weighted by molar-refractivity contribution is 0.0376. The van der Waals surface area contributed by atoms with E-state index < -0.39 is 10.0 Å². The Morgan fingerprint density at radius 3 is 2.44 bits per heavy atom. The number of benzene rings is 2. The summed E-state index contributed by atoms with van der Waals surface area (Å²) in [5, 5.41) is 1.19. The van der Waals surface area contributed by atoms with Crippen LogP contribution in [-0.4, -0.2) is 81.0 Å². The van der Waals surface area contributed by atoms with Crippen LogP contribution in [0.2, 0.25) is 5.02 Å². The lowest BCUT2D eigenvalue weighted by atomic mass is 10.2. The van der Waals surface area contributed by atoms with Gasteiger partial charge in [-0.1, -0.05) is 49.3 Å². The van der Waals surface area contributed by atoms with E-state index >= 15 is 0 Å². The Kier molecular flexibility index (Phi) is 10.4. The number of carbonyl (C=O) groups excluding carboxylic acids is 1. The Morgan fingerprint density at radius 2 is 1.79 bits per heavy atom. The molecule has 39 heavy (non-hydrogen) atoms. The topological polar surface area (TPSA) is 83.1 Å². The van der Waals surface area contributed by atoms with E-state index in [1.807, 2.05) is 32.9 Å². The second-order valence-electron chi connectivity index (χ2n) is 9.68. The molecule has 0 spiro atoms. The summed E-state index contributed by atoms with van der Waals surface area (Å²) in [6, 6.07) is 10.0. The smallest absolute Gasteiger partial charge is 0.260 e. The van der Waals surface area contributed by atoms with Gasteiger partial charge in [0, 0.05) is 44.8 Å². The average molecular weight is 593 g/mol. The maximum absolute atomic E-state index is 13.8. The maximum atomic E-state index is 13.8. The predicted octanol–water partition coefficient (Wildman–Crippen LogP) is 5.44. The molecule has 0 N–H and O–H groups in total. The quantitative estimate of drug-likeness (QED) is 0.279. The maximum Gasteiger partial charge on any atom is 0.260 e. The van der Waals surface area contributed by atoms with Gasteiger partial charge in [-0.3, -0.25) is 14.6 Å². The number of aromatic nitrogens is 1. The Hall–Kier alpha value is -2.08. The van der Waals surface area contributed by atoms with Crippen molar-refractivity contribution in [3.63, 3.8) is 0 Å². The molecule has 8 nitrogen and oxygen atoms in total. The number of amides is 1. The summed E-state index contributed by atoms with van der Waals surface area (Å²) in [6.07, 6.45) is 2.48. The molecule has 1 amide bonds. The van der Waals surface area contributed by atoms with Gasteiger partial charge in [-0.15, -0.1) is 0 Å². The van der Waals surface area contributed by atoms with Gasteiger partial charge in [0.25, 0.3) is 5.91 Å². The van der Waals surface area contributed by atoms with Crippen LogP contribution in [0, 0.1) is 6.92 Å². The molecule has 3 aromatic rings. The highest BCUT2D eigenvalue weighted by Crippen LogP contribution is 2.36. The second-order valence-corrected chi connectivity index (χ2v) is 13.0. The van der Waals surface area contributed by atoms with Gasteiger partial charge in [-0.25, -0.2) is 13.4 Å². The number of hydrogen-bond acceptors (Lipinski definition) is 7. The number of anilines is 1. The van der Waals surface area contributed by atoms with E-state index in [9.17, 15) is 13.2 Å². The number of unbranched alkanes of at least 4 members (excludes halogenated alkanes) is 1. The molecule has 1 saturated heterocycles. The van der Waals surface area contributed by atoms with Crippen molar-refractivity contribution in [3.8, 4) is 0 Å². The molecule has 0 atom stereocenters. The molecule has 1 aliphatic rings. The van der Waals surface area contributed by atoms with Crippen molar-refractivity contribution in [2.45, 2.75) is 44.9 Å². The molecule has 11 heteroatoms. The van der Waals surface area contributed by atoms with Gasteiger partial charge in [-0.05, 0) is 55.7 Å². The molecule has 212 valence electrons. The van der Waals surface area contributed by atoms with Gasteiger partial charge >= 0.3 is 0 Å². The highest BCUT2D eigenvalue weighted by Gasteiger charge is 2.26. The summed E-state index contributed by atoms with van der Waals surface area (Å²) in [7, 11) is -3.62. The summed E-state index contributed by atoms with van der Waals surface area (Å²) < 4.78 is 34.1. The van der Waals surface area contributed by atoms with Gasteiger partial charge in [0.2, 0.25) is 10.0 Å². The summed E-state index contributed by atoms with van der Waals surface area (Å²) in [4.78, 5) is 22.9. The lowest BCUT2D eigenvalue weighted by Crippen LogP contribution is -2.39. The Labute approximate surface area is 240 Å². The number of sulfonamides is 1. The fourth-order valence-electron chi connectivity index (χ4n) is 4.62. The fourth-order valence-corrected chi connectivity index (χ4v) is 7.45. The summed E-state index contributed by atoms with van der Waals surface area (Å²) in [5.74, 6) is -0.216. The minimum atomic E-state index is -3.62.